The molecule has 3 aliphatic carbocycles. The highest BCUT2D eigenvalue weighted by atomic mass is 16.2. The first-order valence-corrected chi connectivity index (χ1v) is 6.59. The Kier molecular flexibility index (Phi) is 1.76. The van der Waals surface area contributed by atoms with Crippen LogP contribution in [0.25, 0.3) is 0 Å². The number of nitrogens with zero attached hydrogens (tertiary/aromatic N) is 1. The van der Waals surface area contributed by atoms with Crippen molar-refractivity contribution in [2.24, 2.45) is 0 Å². The van der Waals surface area contributed by atoms with Crippen molar-refractivity contribution in [1.29, 1.82) is 0 Å². The minimum atomic E-state index is -0.267. The van der Waals surface area contributed by atoms with E-state index in [2.05, 4.69) is 43.3 Å². The van der Waals surface area contributed by atoms with Crippen LogP contribution in [0.3, 0.4) is 0 Å². The fourth-order valence-electron chi connectivity index (χ4n) is 3.85. The standard InChI is InChI=1S/C16H15NO/c1-2-17-15(18)10-12-9-11-7-8-16(12,17)14-6-4-3-5-13(11)14/h3-8,10-11H,2,9H2,1H3. The summed E-state index contributed by atoms with van der Waals surface area (Å²) >= 11 is 0. The number of likely N-dealkylation sites (N-methyl/N-ethyl adjacent to an activating group) is 1. The van der Waals surface area contributed by atoms with Crippen LogP contribution in [-0.4, -0.2) is 17.4 Å². The van der Waals surface area contributed by atoms with Crippen LogP contribution in [-0.2, 0) is 10.3 Å². The van der Waals surface area contributed by atoms with Gasteiger partial charge in [0.05, 0.1) is 0 Å². The van der Waals surface area contributed by atoms with Crippen LogP contribution >= 0.6 is 0 Å². The van der Waals surface area contributed by atoms with Crippen LogP contribution in [0.5, 0.6) is 0 Å². The van der Waals surface area contributed by atoms with Gasteiger partial charge in [0, 0.05) is 18.5 Å². The van der Waals surface area contributed by atoms with Gasteiger partial charge in [-0.05, 0) is 30.0 Å². The van der Waals surface area contributed by atoms with E-state index in [1.165, 1.54) is 16.7 Å². The Balaban J connectivity index is 2.05. The quantitative estimate of drug-likeness (QED) is 0.688. The summed E-state index contributed by atoms with van der Waals surface area (Å²) in [6, 6.07) is 8.57. The molecule has 0 N–H and O–H groups in total. The average Bonchev–Trinajstić information content (AvgIpc) is 2.70. The van der Waals surface area contributed by atoms with Gasteiger partial charge in [0.15, 0.2) is 0 Å². The fourth-order valence-corrected chi connectivity index (χ4v) is 3.85. The van der Waals surface area contributed by atoms with Crippen molar-refractivity contribution in [3.05, 3.63) is 59.2 Å². The summed E-state index contributed by atoms with van der Waals surface area (Å²) < 4.78 is 0. The summed E-state index contributed by atoms with van der Waals surface area (Å²) in [5.74, 6) is 0.619. The second-order valence-electron chi connectivity index (χ2n) is 5.28. The van der Waals surface area contributed by atoms with E-state index in [1.54, 1.807) is 0 Å². The van der Waals surface area contributed by atoms with Gasteiger partial charge < -0.3 is 4.90 Å². The van der Waals surface area contributed by atoms with Crippen LogP contribution in [0, 0.1) is 0 Å². The molecule has 0 saturated carbocycles. The number of allylic oxidation sites excluding steroid dienone is 1. The maximum Gasteiger partial charge on any atom is 0.247 e. The molecule has 2 atom stereocenters. The third-order valence-corrected chi connectivity index (χ3v) is 4.58. The molecule has 1 aromatic carbocycles. The van der Waals surface area contributed by atoms with E-state index in [9.17, 15) is 4.79 Å². The first-order chi connectivity index (χ1) is 8.77. The van der Waals surface area contributed by atoms with Crippen molar-refractivity contribution >= 4 is 5.91 Å². The molecule has 90 valence electrons. The third kappa shape index (κ3) is 0.939. The van der Waals surface area contributed by atoms with Crippen molar-refractivity contribution in [1.82, 2.24) is 4.90 Å². The average molecular weight is 237 g/mol. The molecule has 0 fully saturated rings. The van der Waals surface area contributed by atoms with E-state index >= 15 is 0 Å². The number of hydrogen-bond acceptors (Lipinski definition) is 1. The molecule has 2 unspecified atom stereocenters. The Hall–Kier alpha value is -1.83. The summed E-state index contributed by atoms with van der Waals surface area (Å²) in [6.07, 6.45) is 7.37. The zero-order chi connectivity index (χ0) is 12.3. The number of rotatable bonds is 1. The van der Waals surface area contributed by atoms with Crippen molar-refractivity contribution in [3.63, 3.8) is 0 Å². The maximum atomic E-state index is 12.2. The molecular weight excluding hydrogens is 222 g/mol. The lowest BCUT2D eigenvalue weighted by molar-refractivity contribution is -0.127. The molecule has 4 aliphatic rings. The van der Waals surface area contributed by atoms with Gasteiger partial charge in [-0.25, -0.2) is 0 Å². The number of carbonyl (C=O) groups excluding carboxylic acids is 1. The van der Waals surface area contributed by atoms with E-state index in [0.717, 1.165) is 13.0 Å². The van der Waals surface area contributed by atoms with Gasteiger partial charge in [-0.15, -0.1) is 0 Å². The summed E-state index contributed by atoms with van der Waals surface area (Å²) in [5, 5.41) is 0. The minimum Gasteiger partial charge on any atom is -0.322 e. The molecule has 1 spiro atoms. The van der Waals surface area contributed by atoms with Gasteiger partial charge >= 0.3 is 0 Å². The molecule has 5 rings (SSSR count). The Morgan fingerprint density at radius 1 is 1.39 bits per heavy atom. The second-order valence-corrected chi connectivity index (χ2v) is 5.28. The third-order valence-electron chi connectivity index (χ3n) is 4.58. The van der Waals surface area contributed by atoms with Crippen molar-refractivity contribution in [2.45, 2.75) is 24.8 Å². The topological polar surface area (TPSA) is 20.3 Å². The summed E-state index contributed by atoms with van der Waals surface area (Å²) in [4.78, 5) is 14.2. The number of hydrogen-bond donors (Lipinski definition) is 0. The zero-order valence-corrected chi connectivity index (χ0v) is 10.4. The number of carbonyl (C=O) groups is 1. The van der Waals surface area contributed by atoms with E-state index in [4.69, 9.17) is 0 Å². The van der Waals surface area contributed by atoms with Crippen LogP contribution in [0.15, 0.2) is 48.1 Å². The Bertz CT molecular complexity index is 613. The second kappa shape index (κ2) is 3.14. The lowest BCUT2D eigenvalue weighted by Crippen LogP contribution is -2.48. The van der Waals surface area contributed by atoms with Crippen LogP contribution in [0.2, 0.25) is 0 Å². The highest BCUT2D eigenvalue weighted by Gasteiger charge is 2.52. The molecule has 2 bridgehead atoms. The van der Waals surface area contributed by atoms with Gasteiger partial charge in [-0.2, -0.15) is 0 Å². The van der Waals surface area contributed by atoms with E-state index in [1.807, 2.05) is 11.0 Å². The van der Waals surface area contributed by atoms with Crippen molar-refractivity contribution < 1.29 is 4.79 Å². The molecule has 2 heteroatoms. The Morgan fingerprint density at radius 2 is 2.22 bits per heavy atom. The van der Waals surface area contributed by atoms with E-state index in [0.29, 0.717) is 5.92 Å². The molecule has 0 radical (unpaired) electrons. The molecule has 18 heavy (non-hydrogen) atoms. The highest BCUT2D eigenvalue weighted by molar-refractivity contribution is 5.94. The van der Waals surface area contributed by atoms with Gasteiger partial charge in [0.25, 0.3) is 0 Å². The highest BCUT2D eigenvalue weighted by Crippen LogP contribution is 2.55. The molecule has 0 aromatic heterocycles. The monoisotopic (exact) mass is 237 g/mol. The fraction of sp³-hybridized carbons (Fsp3) is 0.312. The SMILES string of the molecule is CCN1C(=O)C=C2CC3C=CC21c1ccccc13. The molecule has 1 heterocycles. The normalized spacial score (nSPS) is 31.4. The van der Waals surface area contributed by atoms with Crippen LogP contribution in [0.1, 0.15) is 30.4 Å². The molecule has 1 aliphatic heterocycles. The molecule has 2 nitrogen and oxygen atoms in total. The molecule has 0 saturated heterocycles. The molecular formula is C16H15NO. The van der Waals surface area contributed by atoms with Gasteiger partial charge in [0.2, 0.25) is 5.91 Å². The first kappa shape index (κ1) is 10.1. The Morgan fingerprint density at radius 3 is 3.06 bits per heavy atom. The smallest absolute Gasteiger partial charge is 0.247 e. The van der Waals surface area contributed by atoms with E-state index in [-0.39, 0.29) is 11.4 Å². The van der Waals surface area contributed by atoms with Gasteiger partial charge in [0.1, 0.15) is 5.54 Å². The Labute approximate surface area is 107 Å². The number of amides is 1. The van der Waals surface area contributed by atoms with E-state index < -0.39 is 0 Å². The lowest BCUT2D eigenvalue weighted by Gasteiger charge is -2.48. The maximum absolute atomic E-state index is 12.2. The molecule has 1 aromatic rings. The molecule has 1 amide bonds. The first-order valence-electron chi connectivity index (χ1n) is 6.59. The minimum absolute atomic E-state index is 0.162. The largest absolute Gasteiger partial charge is 0.322 e. The number of benzene rings is 1. The predicted octanol–water partition coefficient (Wildman–Crippen LogP) is 2.73. The zero-order valence-electron chi connectivity index (χ0n) is 10.4. The van der Waals surface area contributed by atoms with Crippen LogP contribution in [0.4, 0.5) is 0 Å². The summed E-state index contributed by atoms with van der Waals surface area (Å²) in [7, 11) is 0. The van der Waals surface area contributed by atoms with Crippen LogP contribution < -0.4 is 0 Å². The summed E-state index contributed by atoms with van der Waals surface area (Å²) in [6.45, 7) is 2.81. The van der Waals surface area contributed by atoms with Gasteiger partial charge in [-0.1, -0.05) is 36.4 Å². The van der Waals surface area contributed by atoms with Crippen molar-refractivity contribution in [2.75, 3.05) is 6.54 Å². The van der Waals surface area contributed by atoms with Crippen molar-refractivity contribution in [3.8, 4) is 0 Å². The van der Waals surface area contributed by atoms with Gasteiger partial charge in [-0.3, -0.25) is 4.79 Å². The summed E-state index contributed by atoms with van der Waals surface area (Å²) in [5.41, 5.74) is 3.71. The predicted molar refractivity (Wildman–Crippen MR) is 70.1 cm³/mol. The lowest BCUT2D eigenvalue weighted by atomic mass is 9.64.